The molecule has 1 N–H and O–H groups in total. The fourth-order valence-corrected chi connectivity index (χ4v) is 2.31. The molecular formula is C12H26N2O. The number of nitrogens with zero attached hydrogens (tertiary/aromatic N) is 1. The van der Waals surface area contributed by atoms with Crippen molar-refractivity contribution in [2.24, 2.45) is 11.3 Å². The smallest absolute Gasteiger partial charge is 0.0589 e. The summed E-state index contributed by atoms with van der Waals surface area (Å²) in [6, 6.07) is 0. The van der Waals surface area contributed by atoms with Crippen molar-refractivity contribution in [2.75, 3.05) is 46.9 Å². The van der Waals surface area contributed by atoms with Gasteiger partial charge in [0.05, 0.1) is 6.61 Å². The van der Waals surface area contributed by atoms with Gasteiger partial charge >= 0.3 is 0 Å². The van der Waals surface area contributed by atoms with E-state index in [0.717, 1.165) is 25.6 Å². The quantitative estimate of drug-likeness (QED) is 0.744. The molecule has 1 heterocycles. The second kappa shape index (κ2) is 5.83. The molecule has 0 bridgehead atoms. The number of hydrogen-bond acceptors (Lipinski definition) is 3. The Bertz CT molecular complexity index is 182. The minimum Gasteiger partial charge on any atom is -0.383 e. The van der Waals surface area contributed by atoms with E-state index in [1.807, 2.05) is 7.05 Å². The molecule has 0 radical (unpaired) electrons. The standard InChI is InChI=1S/C12H26N2O/c1-12(2)5-6-14(7-8-15-4)10-11(12)9-13-3/h11,13H,5-10H2,1-4H3. The number of piperidine rings is 1. The van der Waals surface area contributed by atoms with E-state index in [9.17, 15) is 0 Å². The number of rotatable bonds is 5. The second-order valence-corrected chi connectivity index (χ2v) is 5.29. The first-order valence-electron chi connectivity index (χ1n) is 5.96. The van der Waals surface area contributed by atoms with Gasteiger partial charge in [-0.15, -0.1) is 0 Å². The normalized spacial score (nSPS) is 26.8. The van der Waals surface area contributed by atoms with Crippen LogP contribution in [0.4, 0.5) is 0 Å². The summed E-state index contributed by atoms with van der Waals surface area (Å²) in [5.41, 5.74) is 0.479. The highest BCUT2D eigenvalue weighted by atomic mass is 16.5. The summed E-state index contributed by atoms with van der Waals surface area (Å²) in [6.07, 6.45) is 1.29. The molecule has 0 aromatic carbocycles. The Morgan fingerprint density at radius 1 is 1.47 bits per heavy atom. The maximum absolute atomic E-state index is 5.13. The fraction of sp³-hybridized carbons (Fsp3) is 1.00. The third-order valence-corrected chi connectivity index (χ3v) is 3.72. The molecule has 0 aromatic heterocycles. The molecule has 1 saturated heterocycles. The first kappa shape index (κ1) is 12.9. The lowest BCUT2D eigenvalue weighted by Crippen LogP contribution is -2.48. The summed E-state index contributed by atoms with van der Waals surface area (Å²) in [5, 5.41) is 3.31. The van der Waals surface area contributed by atoms with Crippen molar-refractivity contribution in [3.8, 4) is 0 Å². The van der Waals surface area contributed by atoms with E-state index in [1.165, 1.54) is 19.5 Å². The van der Waals surface area contributed by atoms with Crippen molar-refractivity contribution < 1.29 is 4.74 Å². The molecule has 1 rings (SSSR count). The van der Waals surface area contributed by atoms with Crippen LogP contribution in [-0.4, -0.2) is 51.8 Å². The van der Waals surface area contributed by atoms with E-state index in [-0.39, 0.29) is 0 Å². The van der Waals surface area contributed by atoms with Gasteiger partial charge in [-0.1, -0.05) is 13.8 Å². The molecule has 1 atom stereocenters. The van der Waals surface area contributed by atoms with E-state index < -0.39 is 0 Å². The average molecular weight is 214 g/mol. The zero-order valence-electron chi connectivity index (χ0n) is 10.7. The molecule has 15 heavy (non-hydrogen) atoms. The van der Waals surface area contributed by atoms with Crippen LogP contribution in [0.2, 0.25) is 0 Å². The van der Waals surface area contributed by atoms with Gasteiger partial charge in [0.2, 0.25) is 0 Å². The number of methoxy groups -OCH3 is 1. The van der Waals surface area contributed by atoms with Crippen LogP contribution in [0.1, 0.15) is 20.3 Å². The lowest BCUT2D eigenvalue weighted by molar-refractivity contribution is 0.0444. The first-order chi connectivity index (χ1) is 7.10. The number of likely N-dealkylation sites (tertiary alicyclic amines) is 1. The Balaban J connectivity index is 2.43. The van der Waals surface area contributed by atoms with Gasteiger partial charge in [-0.2, -0.15) is 0 Å². The van der Waals surface area contributed by atoms with Crippen molar-refractivity contribution in [1.82, 2.24) is 10.2 Å². The van der Waals surface area contributed by atoms with E-state index in [0.29, 0.717) is 5.41 Å². The molecule has 1 unspecified atom stereocenters. The molecule has 3 heteroatoms. The molecule has 0 spiro atoms. The first-order valence-corrected chi connectivity index (χ1v) is 5.96. The van der Waals surface area contributed by atoms with Gasteiger partial charge in [0.15, 0.2) is 0 Å². The fourth-order valence-electron chi connectivity index (χ4n) is 2.31. The van der Waals surface area contributed by atoms with Crippen LogP contribution in [0.3, 0.4) is 0 Å². The molecule has 1 aliphatic rings. The predicted octanol–water partition coefficient (Wildman–Crippen LogP) is 1.20. The van der Waals surface area contributed by atoms with Crippen LogP contribution in [0.15, 0.2) is 0 Å². The second-order valence-electron chi connectivity index (χ2n) is 5.29. The molecule has 1 fully saturated rings. The Morgan fingerprint density at radius 3 is 2.80 bits per heavy atom. The topological polar surface area (TPSA) is 24.5 Å². The van der Waals surface area contributed by atoms with Crippen molar-refractivity contribution in [1.29, 1.82) is 0 Å². The summed E-state index contributed by atoms with van der Waals surface area (Å²) in [6.45, 7) is 10.3. The molecule has 0 aromatic rings. The molecule has 0 amide bonds. The molecular weight excluding hydrogens is 188 g/mol. The Labute approximate surface area is 94.2 Å². The Kier molecular flexibility index (Phi) is 5.03. The van der Waals surface area contributed by atoms with Gasteiger partial charge in [-0.05, 0) is 37.9 Å². The van der Waals surface area contributed by atoms with Gasteiger partial charge in [-0.3, -0.25) is 0 Å². The van der Waals surface area contributed by atoms with E-state index in [4.69, 9.17) is 4.74 Å². The zero-order valence-corrected chi connectivity index (χ0v) is 10.7. The highest BCUT2D eigenvalue weighted by Crippen LogP contribution is 2.34. The van der Waals surface area contributed by atoms with Crippen LogP contribution >= 0.6 is 0 Å². The van der Waals surface area contributed by atoms with E-state index >= 15 is 0 Å². The number of hydrogen-bond donors (Lipinski definition) is 1. The zero-order chi connectivity index (χ0) is 11.3. The van der Waals surface area contributed by atoms with Gasteiger partial charge in [-0.25, -0.2) is 0 Å². The summed E-state index contributed by atoms with van der Waals surface area (Å²) < 4.78 is 5.13. The van der Waals surface area contributed by atoms with Gasteiger partial charge in [0.1, 0.15) is 0 Å². The largest absolute Gasteiger partial charge is 0.383 e. The van der Waals surface area contributed by atoms with Crippen molar-refractivity contribution in [2.45, 2.75) is 20.3 Å². The SMILES string of the molecule is CNCC1CN(CCOC)CCC1(C)C. The highest BCUT2D eigenvalue weighted by molar-refractivity contribution is 4.87. The third kappa shape index (κ3) is 3.74. The molecule has 0 aliphatic carbocycles. The van der Waals surface area contributed by atoms with Gasteiger partial charge in [0.25, 0.3) is 0 Å². The van der Waals surface area contributed by atoms with E-state index in [2.05, 4.69) is 24.1 Å². The van der Waals surface area contributed by atoms with Crippen LogP contribution in [0, 0.1) is 11.3 Å². The lowest BCUT2D eigenvalue weighted by Gasteiger charge is -2.44. The van der Waals surface area contributed by atoms with Crippen LogP contribution in [0.25, 0.3) is 0 Å². The highest BCUT2D eigenvalue weighted by Gasteiger charge is 2.34. The maximum atomic E-state index is 5.13. The lowest BCUT2D eigenvalue weighted by atomic mass is 9.73. The number of nitrogens with one attached hydrogen (secondary N) is 1. The summed E-state index contributed by atoms with van der Waals surface area (Å²) >= 11 is 0. The van der Waals surface area contributed by atoms with Crippen molar-refractivity contribution >= 4 is 0 Å². The van der Waals surface area contributed by atoms with Crippen LogP contribution in [-0.2, 0) is 4.74 Å². The maximum Gasteiger partial charge on any atom is 0.0589 e. The van der Waals surface area contributed by atoms with Gasteiger partial charge in [0, 0.05) is 20.2 Å². The Hall–Kier alpha value is -0.120. The van der Waals surface area contributed by atoms with Crippen LogP contribution in [0.5, 0.6) is 0 Å². The monoisotopic (exact) mass is 214 g/mol. The van der Waals surface area contributed by atoms with Crippen LogP contribution < -0.4 is 5.32 Å². The number of ether oxygens (including phenoxy) is 1. The Morgan fingerprint density at radius 2 is 2.20 bits per heavy atom. The van der Waals surface area contributed by atoms with E-state index in [1.54, 1.807) is 7.11 Å². The molecule has 1 aliphatic heterocycles. The van der Waals surface area contributed by atoms with Crippen molar-refractivity contribution in [3.05, 3.63) is 0 Å². The van der Waals surface area contributed by atoms with Crippen molar-refractivity contribution in [3.63, 3.8) is 0 Å². The summed E-state index contributed by atoms with van der Waals surface area (Å²) in [7, 11) is 3.82. The average Bonchev–Trinajstić information content (AvgIpc) is 2.19. The molecule has 90 valence electrons. The minimum atomic E-state index is 0.479. The predicted molar refractivity (Wildman–Crippen MR) is 64.1 cm³/mol. The third-order valence-electron chi connectivity index (χ3n) is 3.72. The minimum absolute atomic E-state index is 0.479. The summed E-state index contributed by atoms with van der Waals surface area (Å²) in [5.74, 6) is 0.758. The van der Waals surface area contributed by atoms with Gasteiger partial charge < -0.3 is 15.0 Å². The summed E-state index contributed by atoms with van der Waals surface area (Å²) in [4.78, 5) is 2.52. The molecule has 0 saturated carbocycles. The molecule has 3 nitrogen and oxygen atoms in total.